The van der Waals surface area contributed by atoms with Gasteiger partial charge in [-0.2, -0.15) is 5.21 Å². The van der Waals surface area contributed by atoms with Gasteiger partial charge in [0.2, 0.25) is 5.82 Å². The van der Waals surface area contributed by atoms with E-state index in [4.69, 9.17) is 0 Å². The molecule has 18 heavy (non-hydrogen) atoms. The molecule has 4 nitrogen and oxygen atoms in total. The molecule has 2 aromatic carbocycles. The second-order valence-corrected chi connectivity index (χ2v) is 4.18. The summed E-state index contributed by atoms with van der Waals surface area (Å²) in [6.07, 6.45) is 0. The van der Waals surface area contributed by atoms with Crippen LogP contribution in [0.5, 0.6) is 0 Å². The van der Waals surface area contributed by atoms with Crippen molar-refractivity contribution in [1.82, 2.24) is 20.6 Å². The maximum absolute atomic E-state index is 3.96. The van der Waals surface area contributed by atoms with Gasteiger partial charge < -0.3 is 0 Å². The number of hydrogen-bond donors (Lipinski definition) is 1. The smallest absolute Gasteiger partial charge is 0.177 e. The molecule has 0 fully saturated rings. The Hall–Kier alpha value is -2.49. The molecule has 3 rings (SSSR count). The number of rotatable bonds is 2. The Kier molecular flexibility index (Phi) is 2.61. The average Bonchev–Trinajstić information content (AvgIpc) is 2.93. The summed E-state index contributed by atoms with van der Waals surface area (Å²) in [6.45, 7) is 2.09. The fourth-order valence-corrected chi connectivity index (χ4v) is 1.92. The molecule has 0 saturated carbocycles. The highest BCUT2D eigenvalue weighted by atomic mass is 15.5. The first-order chi connectivity index (χ1) is 8.83. The maximum atomic E-state index is 3.96. The summed E-state index contributed by atoms with van der Waals surface area (Å²) < 4.78 is 0. The van der Waals surface area contributed by atoms with E-state index in [1.165, 1.54) is 16.7 Å². The van der Waals surface area contributed by atoms with Crippen LogP contribution in [-0.4, -0.2) is 20.6 Å². The molecule has 4 heteroatoms. The van der Waals surface area contributed by atoms with E-state index in [-0.39, 0.29) is 0 Å². The van der Waals surface area contributed by atoms with Crippen molar-refractivity contribution in [1.29, 1.82) is 0 Å². The number of aromatic nitrogens is 4. The second kappa shape index (κ2) is 4.41. The predicted octanol–water partition coefficient (Wildman–Crippen LogP) is 2.84. The number of aromatic amines is 1. The van der Waals surface area contributed by atoms with Gasteiger partial charge in [0.05, 0.1) is 0 Å². The van der Waals surface area contributed by atoms with Crippen LogP contribution < -0.4 is 0 Å². The van der Waals surface area contributed by atoms with Gasteiger partial charge in [-0.05, 0) is 23.3 Å². The van der Waals surface area contributed by atoms with E-state index >= 15 is 0 Å². The van der Waals surface area contributed by atoms with E-state index < -0.39 is 0 Å². The number of benzene rings is 2. The first-order valence-electron chi connectivity index (χ1n) is 5.74. The van der Waals surface area contributed by atoms with Gasteiger partial charge >= 0.3 is 0 Å². The Morgan fingerprint density at radius 3 is 2.33 bits per heavy atom. The molecule has 0 bridgehead atoms. The third kappa shape index (κ3) is 2.00. The van der Waals surface area contributed by atoms with Crippen LogP contribution in [0.3, 0.4) is 0 Å². The average molecular weight is 236 g/mol. The van der Waals surface area contributed by atoms with Crippen LogP contribution in [0, 0.1) is 6.92 Å². The van der Waals surface area contributed by atoms with E-state index in [0.29, 0.717) is 5.82 Å². The molecule has 0 atom stereocenters. The molecule has 3 aromatic rings. The molecule has 88 valence electrons. The van der Waals surface area contributed by atoms with E-state index in [9.17, 15) is 0 Å². The van der Waals surface area contributed by atoms with Gasteiger partial charge in [-0.15, -0.1) is 10.2 Å². The summed E-state index contributed by atoms with van der Waals surface area (Å²) in [5.74, 6) is 0.616. The number of nitrogens with zero attached hydrogens (tertiary/aromatic N) is 3. The van der Waals surface area contributed by atoms with Gasteiger partial charge in [-0.1, -0.05) is 54.1 Å². The SMILES string of the molecule is Cc1cccc(-c2ccc(-c3nn[nH]n3)cc2)c1. The standard InChI is InChI=1S/C14H12N4/c1-10-3-2-4-13(9-10)11-5-7-12(8-6-11)14-15-17-18-16-14/h2-9H,1H3,(H,15,16,17,18). The first-order valence-corrected chi connectivity index (χ1v) is 5.74. The predicted molar refractivity (Wildman–Crippen MR) is 69.8 cm³/mol. The lowest BCUT2D eigenvalue weighted by molar-refractivity contribution is 0.881. The van der Waals surface area contributed by atoms with Crippen molar-refractivity contribution >= 4 is 0 Å². The normalized spacial score (nSPS) is 10.5. The zero-order valence-electron chi connectivity index (χ0n) is 9.96. The van der Waals surface area contributed by atoms with E-state index in [1.807, 2.05) is 12.1 Å². The molecule has 0 spiro atoms. The van der Waals surface area contributed by atoms with Gasteiger partial charge in [-0.25, -0.2) is 0 Å². The quantitative estimate of drug-likeness (QED) is 0.744. The van der Waals surface area contributed by atoms with Crippen LogP contribution in [0.15, 0.2) is 48.5 Å². The number of H-pyrrole nitrogens is 1. The van der Waals surface area contributed by atoms with Crippen LogP contribution in [0.4, 0.5) is 0 Å². The van der Waals surface area contributed by atoms with Gasteiger partial charge in [0, 0.05) is 5.56 Å². The molecule has 0 aliphatic rings. The van der Waals surface area contributed by atoms with Gasteiger partial charge in [0.25, 0.3) is 0 Å². The van der Waals surface area contributed by atoms with Crippen LogP contribution in [0.1, 0.15) is 5.56 Å². The second-order valence-electron chi connectivity index (χ2n) is 4.18. The van der Waals surface area contributed by atoms with Crippen LogP contribution in [0.25, 0.3) is 22.5 Å². The summed E-state index contributed by atoms with van der Waals surface area (Å²) >= 11 is 0. The zero-order chi connectivity index (χ0) is 12.4. The minimum absolute atomic E-state index is 0.616. The Balaban J connectivity index is 1.96. The molecule has 0 aliphatic heterocycles. The molecular formula is C14H12N4. The maximum Gasteiger partial charge on any atom is 0.204 e. The first kappa shape index (κ1) is 10.7. The monoisotopic (exact) mass is 236 g/mol. The summed E-state index contributed by atoms with van der Waals surface area (Å²) in [4.78, 5) is 0. The number of aryl methyl sites for hydroxylation is 1. The molecular weight excluding hydrogens is 224 g/mol. The lowest BCUT2D eigenvalue weighted by Crippen LogP contribution is -1.83. The third-order valence-corrected chi connectivity index (χ3v) is 2.84. The zero-order valence-corrected chi connectivity index (χ0v) is 9.96. The molecule has 1 heterocycles. The highest BCUT2D eigenvalue weighted by Gasteiger charge is 2.03. The fourth-order valence-electron chi connectivity index (χ4n) is 1.92. The van der Waals surface area contributed by atoms with Gasteiger partial charge in [0.1, 0.15) is 0 Å². The number of tetrazole rings is 1. The Bertz CT molecular complexity index is 642. The van der Waals surface area contributed by atoms with Gasteiger partial charge in [-0.3, -0.25) is 0 Å². The van der Waals surface area contributed by atoms with Crippen LogP contribution >= 0.6 is 0 Å². The van der Waals surface area contributed by atoms with Crippen molar-refractivity contribution in [2.45, 2.75) is 6.92 Å². The Morgan fingerprint density at radius 2 is 1.67 bits per heavy atom. The topological polar surface area (TPSA) is 54.5 Å². The third-order valence-electron chi connectivity index (χ3n) is 2.84. The lowest BCUT2D eigenvalue weighted by Gasteiger charge is -2.03. The van der Waals surface area contributed by atoms with E-state index in [1.54, 1.807) is 0 Å². The summed E-state index contributed by atoms with van der Waals surface area (Å²) in [5, 5.41) is 13.9. The van der Waals surface area contributed by atoms with Crippen LogP contribution in [0.2, 0.25) is 0 Å². The number of hydrogen-bond acceptors (Lipinski definition) is 3. The fraction of sp³-hybridized carbons (Fsp3) is 0.0714. The van der Waals surface area contributed by atoms with Crippen molar-refractivity contribution in [2.24, 2.45) is 0 Å². The Labute approximate surface area is 105 Å². The summed E-state index contributed by atoms with van der Waals surface area (Å²) in [5.41, 5.74) is 4.62. The molecule has 0 radical (unpaired) electrons. The van der Waals surface area contributed by atoms with Crippen molar-refractivity contribution in [2.75, 3.05) is 0 Å². The Morgan fingerprint density at radius 1 is 0.889 bits per heavy atom. The van der Waals surface area contributed by atoms with Crippen molar-refractivity contribution < 1.29 is 0 Å². The minimum atomic E-state index is 0.616. The summed E-state index contributed by atoms with van der Waals surface area (Å²) in [6, 6.07) is 16.6. The van der Waals surface area contributed by atoms with Crippen molar-refractivity contribution in [3.63, 3.8) is 0 Å². The molecule has 1 N–H and O–H groups in total. The molecule has 0 saturated heterocycles. The lowest BCUT2D eigenvalue weighted by atomic mass is 10.0. The van der Waals surface area contributed by atoms with Crippen molar-refractivity contribution in [3.8, 4) is 22.5 Å². The minimum Gasteiger partial charge on any atom is -0.177 e. The van der Waals surface area contributed by atoms with Crippen LogP contribution in [-0.2, 0) is 0 Å². The molecule has 1 aromatic heterocycles. The highest BCUT2D eigenvalue weighted by Crippen LogP contribution is 2.23. The van der Waals surface area contributed by atoms with Gasteiger partial charge in [0.15, 0.2) is 0 Å². The van der Waals surface area contributed by atoms with E-state index in [2.05, 4.69) is 63.9 Å². The molecule has 0 aliphatic carbocycles. The number of nitrogens with one attached hydrogen (secondary N) is 1. The molecule has 0 amide bonds. The highest BCUT2D eigenvalue weighted by molar-refractivity contribution is 5.67. The summed E-state index contributed by atoms with van der Waals surface area (Å²) in [7, 11) is 0. The van der Waals surface area contributed by atoms with E-state index in [0.717, 1.165) is 5.56 Å². The van der Waals surface area contributed by atoms with Crippen molar-refractivity contribution in [3.05, 3.63) is 54.1 Å². The molecule has 0 unspecified atom stereocenters. The largest absolute Gasteiger partial charge is 0.204 e.